The van der Waals surface area contributed by atoms with Crippen molar-refractivity contribution < 1.29 is 4.74 Å². The molecule has 1 aliphatic heterocycles. The Bertz CT molecular complexity index is 829. The lowest BCUT2D eigenvalue weighted by molar-refractivity contribution is 0.477. The number of benzene rings is 3. The number of ether oxygens (including phenoxy) is 1. The van der Waals surface area contributed by atoms with Crippen molar-refractivity contribution in [1.29, 1.82) is 0 Å². The first-order valence-electron chi connectivity index (χ1n) is 8.31. The molecule has 0 aromatic heterocycles. The third-order valence-electron chi connectivity index (χ3n) is 4.42. The van der Waals surface area contributed by atoms with Crippen LogP contribution in [-0.2, 0) is 5.41 Å². The van der Waals surface area contributed by atoms with Crippen LogP contribution in [-0.4, -0.2) is 0 Å². The van der Waals surface area contributed by atoms with Crippen molar-refractivity contribution in [1.82, 2.24) is 0 Å². The maximum atomic E-state index is 6.07. The van der Waals surface area contributed by atoms with Gasteiger partial charge in [0.15, 0.2) is 11.5 Å². The van der Waals surface area contributed by atoms with E-state index < -0.39 is 0 Å². The molecule has 24 heavy (non-hydrogen) atoms. The first kappa shape index (κ1) is 14.8. The Balaban J connectivity index is 1.86. The summed E-state index contributed by atoms with van der Waals surface area (Å²) in [6, 6.07) is 25.2. The van der Waals surface area contributed by atoms with Gasteiger partial charge >= 0.3 is 0 Å². The van der Waals surface area contributed by atoms with Gasteiger partial charge in [0.1, 0.15) is 0 Å². The molecule has 4 rings (SSSR count). The topological polar surface area (TPSA) is 12.5 Å². The number of rotatable bonds is 1. The molecule has 1 heterocycles. The molecule has 0 spiro atoms. The fraction of sp³-hybridized carbons (Fsp3) is 0.182. The fourth-order valence-corrected chi connectivity index (χ4v) is 3.09. The van der Waals surface area contributed by atoms with E-state index in [0.717, 1.165) is 28.6 Å². The van der Waals surface area contributed by atoms with E-state index in [1.54, 1.807) is 0 Å². The first-order valence-corrected chi connectivity index (χ1v) is 8.31. The molecule has 3 aromatic carbocycles. The molecule has 0 atom stereocenters. The van der Waals surface area contributed by atoms with Crippen LogP contribution in [0.25, 0.3) is 0 Å². The van der Waals surface area contributed by atoms with Crippen molar-refractivity contribution in [3.63, 3.8) is 0 Å². The van der Waals surface area contributed by atoms with E-state index in [9.17, 15) is 0 Å². The molecule has 0 aliphatic carbocycles. The summed E-state index contributed by atoms with van der Waals surface area (Å²) in [5.74, 6) is 1.77. The van der Waals surface area contributed by atoms with Gasteiger partial charge in [0, 0.05) is 5.69 Å². The maximum absolute atomic E-state index is 6.07. The third kappa shape index (κ3) is 2.44. The second-order valence-electron chi connectivity index (χ2n) is 7.17. The van der Waals surface area contributed by atoms with Gasteiger partial charge in [-0.3, -0.25) is 0 Å². The summed E-state index contributed by atoms with van der Waals surface area (Å²) in [5.41, 5.74) is 4.77. The molecule has 0 amide bonds. The lowest BCUT2D eigenvalue weighted by Crippen LogP contribution is -2.16. The highest BCUT2D eigenvalue weighted by atomic mass is 16.5. The molecule has 2 nitrogen and oxygen atoms in total. The number of fused-ring (bicyclic) bond motifs is 2. The summed E-state index contributed by atoms with van der Waals surface area (Å²) in [5, 5.41) is 0. The highest BCUT2D eigenvalue weighted by Crippen LogP contribution is 2.50. The zero-order valence-corrected chi connectivity index (χ0v) is 14.3. The zero-order valence-electron chi connectivity index (χ0n) is 14.3. The van der Waals surface area contributed by atoms with Gasteiger partial charge < -0.3 is 9.64 Å². The Morgan fingerprint density at radius 2 is 1.17 bits per heavy atom. The van der Waals surface area contributed by atoms with Gasteiger partial charge in [-0.2, -0.15) is 0 Å². The van der Waals surface area contributed by atoms with Gasteiger partial charge in [-0.15, -0.1) is 0 Å². The molecule has 0 saturated carbocycles. The quantitative estimate of drug-likeness (QED) is 0.394. The molecule has 0 N–H and O–H groups in total. The second-order valence-corrected chi connectivity index (χ2v) is 7.17. The molecule has 120 valence electrons. The van der Waals surface area contributed by atoms with E-state index in [2.05, 4.69) is 62.1 Å². The van der Waals surface area contributed by atoms with Gasteiger partial charge in [-0.05, 0) is 47.4 Å². The summed E-state index contributed by atoms with van der Waals surface area (Å²) in [6.07, 6.45) is 0. The van der Waals surface area contributed by atoms with Crippen molar-refractivity contribution in [2.45, 2.75) is 26.2 Å². The van der Waals surface area contributed by atoms with Crippen LogP contribution in [0.2, 0.25) is 0 Å². The average molecular weight is 315 g/mol. The molecule has 0 bridgehead atoms. The summed E-state index contributed by atoms with van der Waals surface area (Å²) < 4.78 is 6.07. The summed E-state index contributed by atoms with van der Waals surface area (Å²) in [4.78, 5) is 2.26. The Labute approximate surface area is 143 Å². The van der Waals surface area contributed by atoms with Crippen molar-refractivity contribution in [2.75, 3.05) is 4.90 Å². The van der Waals surface area contributed by atoms with E-state index >= 15 is 0 Å². The lowest BCUT2D eigenvalue weighted by atomic mass is 9.87. The first-order chi connectivity index (χ1) is 11.5. The highest BCUT2D eigenvalue weighted by molar-refractivity contribution is 5.86. The maximum Gasteiger partial charge on any atom is 0.151 e. The standard InChI is InChI=1S/C22H21NO/c1-22(2,3)16-12-14-17(15-13-16)23-18-8-4-6-10-20(18)24-21-11-7-5-9-19(21)23/h4-15H,1-3H3. The molecule has 0 fully saturated rings. The van der Waals surface area contributed by atoms with Gasteiger partial charge in [0.25, 0.3) is 0 Å². The van der Waals surface area contributed by atoms with Crippen LogP contribution in [0, 0.1) is 0 Å². The van der Waals surface area contributed by atoms with Gasteiger partial charge in [-0.1, -0.05) is 57.2 Å². The summed E-state index contributed by atoms with van der Waals surface area (Å²) >= 11 is 0. The Morgan fingerprint density at radius 3 is 1.67 bits per heavy atom. The normalized spacial score (nSPS) is 13.0. The van der Waals surface area contributed by atoms with E-state index in [-0.39, 0.29) is 5.41 Å². The van der Waals surface area contributed by atoms with Crippen LogP contribution in [0.1, 0.15) is 26.3 Å². The number of anilines is 3. The average Bonchev–Trinajstić information content (AvgIpc) is 2.59. The van der Waals surface area contributed by atoms with Crippen molar-refractivity contribution in [3.05, 3.63) is 78.4 Å². The minimum absolute atomic E-state index is 0.152. The van der Waals surface area contributed by atoms with Crippen molar-refractivity contribution in [3.8, 4) is 11.5 Å². The Morgan fingerprint density at radius 1 is 0.667 bits per heavy atom. The van der Waals surface area contributed by atoms with Gasteiger partial charge in [0.05, 0.1) is 11.4 Å². The Kier molecular flexibility index (Phi) is 3.34. The van der Waals surface area contributed by atoms with Crippen LogP contribution in [0.5, 0.6) is 11.5 Å². The van der Waals surface area contributed by atoms with E-state index in [1.165, 1.54) is 5.56 Å². The molecule has 2 heteroatoms. The number of para-hydroxylation sites is 4. The molecular formula is C22H21NO. The van der Waals surface area contributed by atoms with E-state index in [1.807, 2.05) is 36.4 Å². The number of hydrogen-bond acceptors (Lipinski definition) is 2. The fourth-order valence-electron chi connectivity index (χ4n) is 3.09. The monoisotopic (exact) mass is 315 g/mol. The number of nitrogens with zero attached hydrogens (tertiary/aromatic N) is 1. The third-order valence-corrected chi connectivity index (χ3v) is 4.42. The van der Waals surface area contributed by atoms with Crippen molar-refractivity contribution in [2.24, 2.45) is 0 Å². The SMILES string of the molecule is CC(C)(C)c1ccc(N2c3ccccc3Oc3ccccc32)cc1. The van der Waals surface area contributed by atoms with E-state index in [0.29, 0.717) is 0 Å². The largest absolute Gasteiger partial charge is 0.453 e. The summed E-state index contributed by atoms with van der Waals surface area (Å²) in [6.45, 7) is 6.71. The smallest absolute Gasteiger partial charge is 0.151 e. The predicted molar refractivity (Wildman–Crippen MR) is 99.9 cm³/mol. The molecule has 3 aromatic rings. The van der Waals surface area contributed by atoms with Crippen LogP contribution in [0.15, 0.2) is 72.8 Å². The van der Waals surface area contributed by atoms with Crippen LogP contribution >= 0.6 is 0 Å². The minimum Gasteiger partial charge on any atom is -0.453 e. The molecule has 0 saturated heterocycles. The second kappa shape index (κ2) is 5.41. The molecule has 0 unspecified atom stereocenters. The van der Waals surface area contributed by atoms with Crippen LogP contribution in [0.3, 0.4) is 0 Å². The number of hydrogen-bond donors (Lipinski definition) is 0. The lowest BCUT2D eigenvalue weighted by Gasteiger charge is -2.33. The van der Waals surface area contributed by atoms with Crippen LogP contribution < -0.4 is 9.64 Å². The van der Waals surface area contributed by atoms with Gasteiger partial charge in [-0.25, -0.2) is 0 Å². The predicted octanol–water partition coefficient (Wildman–Crippen LogP) is 6.56. The van der Waals surface area contributed by atoms with E-state index in [4.69, 9.17) is 4.74 Å². The summed E-state index contributed by atoms with van der Waals surface area (Å²) in [7, 11) is 0. The van der Waals surface area contributed by atoms with Crippen LogP contribution in [0.4, 0.5) is 17.1 Å². The van der Waals surface area contributed by atoms with Crippen molar-refractivity contribution >= 4 is 17.1 Å². The molecule has 1 aliphatic rings. The minimum atomic E-state index is 0.152. The van der Waals surface area contributed by atoms with Gasteiger partial charge in [0.2, 0.25) is 0 Å². The highest BCUT2D eigenvalue weighted by Gasteiger charge is 2.25. The molecule has 0 radical (unpaired) electrons. The zero-order chi connectivity index (χ0) is 16.7. The molecular weight excluding hydrogens is 294 g/mol. The Hall–Kier alpha value is -2.74.